The van der Waals surface area contributed by atoms with Crippen molar-refractivity contribution >= 4 is 49.1 Å². The molecule has 0 aliphatic rings. The van der Waals surface area contributed by atoms with Crippen LogP contribution < -0.4 is 0 Å². The van der Waals surface area contributed by atoms with Gasteiger partial charge in [-0.2, -0.15) is 0 Å². The van der Waals surface area contributed by atoms with E-state index in [4.69, 9.17) is 5.10 Å². The Morgan fingerprint density at radius 3 is 1.57 bits per heavy atom. The molecule has 0 unspecified atom stereocenters. The molecular weight excluding hydrogens is 512 g/mol. The summed E-state index contributed by atoms with van der Waals surface area (Å²) in [5, 5.41) is 15.4. The molecule has 0 spiro atoms. The lowest BCUT2D eigenvalue weighted by atomic mass is 10.0. The number of benzene rings is 6. The molecule has 42 heavy (non-hydrogen) atoms. The lowest BCUT2D eigenvalue weighted by molar-refractivity contribution is 1.12. The summed E-state index contributed by atoms with van der Waals surface area (Å²) in [7, 11) is 0. The maximum absolute atomic E-state index is 4.70. The van der Waals surface area contributed by atoms with Gasteiger partial charge < -0.3 is 4.57 Å². The zero-order valence-electron chi connectivity index (χ0n) is 22.6. The van der Waals surface area contributed by atoms with Gasteiger partial charge in [0.15, 0.2) is 11.5 Å². The Hall–Kier alpha value is -5.74. The third kappa shape index (κ3) is 3.23. The van der Waals surface area contributed by atoms with Crippen LogP contribution in [0.4, 0.5) is 0 Å². The molecule has 4 nitrogen and oxygen atoms in total. The van der Waals surface area contributed by atoms with Crippen molar-refractivity contribution < 1.29 is 0 Å². The van der Waals surface area contributed by atoms with Gasteiger partial charge in [0.2, 0.25) is 0 Å². The number of para-hydroxylation sites is 4. The summed E-state index contributed by atoms with van der Waals surface area (Å²) in [5.74, 6) is 0.842. The first kappa shape index (κ1) is 23.0. The first-order valence-electron chi connectivity index (χ1n) is 14.2. The van der Waals surface area contributed by atoms with Crippen molar-refractivity contribution in [3.8, 4) is 28.2 Å². The molecule has 0 aliphatic carbocycles. The first-order valence-corrected chi connectivity index (χ1v) is 14.2. The Kier molecular flexibility index (Phi) is 4.87. The summed E-state index contributed by atoms with van der Waals surface area (Å²) in [4.78, 5) is 0. The van der Waals surface area contributed by atoms with Crippen LogP contribution in [0, 0.1) is 0 Å². The van der Waals surface area contributed by atoms with Crippen LogP contribution in [-0.4, -0.2) is 19.2 Å². The molecule has 196 valence electrons. The fourth-order valence-electron chi connectivity index (χ4n) is 6.58. The minimum Gasteiger partial charge on any atom is -0.309 e. The van der Waals surface area contributed by atoms with Crippen LogP contribution in [0.5, 0.6) is 0 Å². The molecule has 0 amide bonds. The average Bonchev–Trinajstić information content (AvgIpc) is 3.66. The first-order chi connectivity index (χ1) is 20.9. The van der Waals surface area contributed by atoms with E-state index >= 15 is 0 Å². The molecule has 0 bridgehead atoms. The monoisotopic (exact) mass is 536 g/mol. The van der Waals surface area contributed by atoms with Crippen molar-refractivity contribution in [2.45, 2.75) is 0 Å². The van der Waals surface area contributed by atoms with E-state index in [1.807, 2.05) is 0 Å². The third-order valence-electron chi connectivity index (χ3n) is 8.45. The number of hydrogen-bond donors (Lipinski definition) is 0. The standard InChI is InChI=1S/C38H24N4/c1-2-16-32-28(12-1)29-13-4-10-20-36(29)42-37(39-40-38(32)42)26-23-21-25(22-24-26)27-11-3-7-17-33(27)41-34-18-8-5-14-30(34)31-15-6-9-19-35(31)41/h1-24H. The number of rotatable bonds is 3. The summed E-state index contributed by atoms with van der Waals surface area (Å²) in [6, 6.07) is 51.6. The fraction of sp³-hybridized carbons (Fsp3) is 0. The predicted molar refractivity (Wildman–Crippen MR) is 173 cm³/mol. The molecule has 0 saturated carbocycles. The maximum Gasteiger partial charge on any atom is 0.169 e. The Labute approximate surface area is 241 Å². The Balaban J connectivity index is 1.22. The SMILES string of the molecule is c1ccc(-n2c3ccccc3c3ccccc32)c(-c2ccc(-c3nnc4c5ccccc5c5ccccc5n34)cc2)c1. The van der Waals surface area contributed by atoms with Gasteiger partial charge in [-0.1, -0.05) is 121 Å². The number of hydrogen-bond acceptors (Lipinski definition) is 2. The quantitative estimate of drug-likeness (QED) is 0.211. The highest BCUT2D eigenvalue weighted by Gasteiger charge is 2.17. The largest absolute Gasteiger partial charge is 0.309 e. The van der Waals surface area contributed by atoms with Crippen LogP contribution in [0.2, 0.25) is 0 Å². The van der Waals surface area contributed by atoms with E-state index in [1.165, 1.54) is 38.1 Å². The molecule has 0 N–H and O–H groups in total. The van der Waals surface area contributed by atoms with Gasteiger partial charge in [-0.05, 0) is 35.2 Å². The topological polar surface area (TPSA) is 35.1 Å². The van der Waals surface area contributed by atoms with E-state index in [0.717, 1.165) is 39.2 Å². The van der Waals surface area contributed by atoms with Gasteiger partial charge in [0.25, 0.3) is 0 Å². The van der Waals surface area contributed by atoms with Crippen molar-refractivity contribution in [2.75, 3.05) is 0 Å². The number of aromatic nitrogens is 4. The second-order valence-electron chi connectivity index (χ2n) is 10.7. The smallest absolute Gasteiger partial charge is 0.169 e. The second kappa shape index (κ2) is 8.88. The van der Waals surface area contributed by atoms with E-state index in [9.17, 15) is 0 Å². The van der Waals surface area contributed by atoms with Gasteiger partial charge in [0, 0.05) is 32.7 Å². The van der Waals surface area contributed by atoms with E-state index in [1.54, 1.807) is 0 Å². The van der Waals surface area contributed by atoms with Crippen LogP contribution in [0.1, 0.15) is 0 Å². The fourth-order valence-corrected chi connectivity index (χ4v) is 6.58. The van der Waals surface area contributed by atoms with Crippen LogP contribution in [0.15, 0.2) is 146 Å². The van der Waals surface area contributed by atoms with Gasteiger partial charge >= 0.3 is 0 Å². The van der Waals surface area contributed by atoms with E-state index in [2.05, 4.69) is 160 Å². The minimum atomic E-state index is 0.842. The average molecular weight is 537 g/mol. The van der Waals surface area contributed by atoms with Crippen molar-refractivity contribution in [2.24, 2.45) is 0 Å². The molecule has 9 aromatic rings. The Bertz CT molecular complexity index is 2410. The molecule has 3 heterocycles. The van der Waals surface area contributed by atoms with Crippen LogP contribution >= 0.6 is 0 Å². The zero-order valence-corrected chi connectivity index (χ0v) is 22.6. The summed E-state index contributed by atoms with van der Waals surface area (Å²) in [6.07, 6.45) is 0. The second-order valence-corrected chi connectivity index (χ2v) is 10.7. The summed E-state index contributed by atoms with van der Waals surface area (Å²) >= 11 is 0. The molecule has 3 aromatic heterocycles. The molecule has 0 saturated heterocycles. The Morgan fingerprint density at radius 2 is 0.881 bits per heavy atom. The summed E-state index contributed by atoms with van der Waals surface area (Å²) in [6.45, 7) is 0. The van der Waals surface area contributed by atoms with Crippen LogP contribution in [0.25, 0.3) is 77.3 Å². The Morgan fingerprint density at radius 1 is 0.381 bits per heavy atom. The number of fused-ring (bicyclic) bond motifs is 9. The van der Waals surface area contributed by atoms with Gasteiger partial charge in [-0.15, -0.1) is 10.2 Å². The minimum absolute atomic E-state index is 0.842. The van der Waals surface area contributed by atoms with E-state index in [-0.39, 0.29) is 0 Å². The molecule has 0 aliphatic heterocycles. The highest BCUT2D eigenvalue weighted by molar-refractivity contribution is 6.12. The van der Waals surface area contributed by atoms with Crippen molar-refractivity contribution in [1.29, 1.82) is 0 Å². The third-order valence-corrected chi connectivity index (χ3v) is 8.45. The highest BCUT2D eigenvalue weighted by Crippen LogP contribution is 2.37. The highest BCUT2D eigenvalue weighted by atomic mass is 15.2. The van der Waals surface area contributed by atoms with Gasteiger partial charge in [0.1, 0.15) is 0 Å². The van der Waals surface area contributed by atoms with Crippen molar-refractivity contribution in [1.82, 2.24) is 19.2 Å². The number of nitrogens with zero attached hydrogens (tertiary/aromatic N) is 4. The van der Waals surface area contributed by atoms with Gasteiger partial charge in [-0.3, -0.25) is 4.40 Å². The molecule has 6 aromatic carbocycles. The molecule has 9 rings (SSSR count). The van der Waals surface area contributed by atoms with Crippen LogP contribution in [-0.2, 0) is 0 Å². The van der Waals surface area contributed by atoms with Gasteiger partial charge in [0.05, 0.1) is 22.2 Å². The van der Waals surface area contributed by atoms with E-state index < -0.39 is 0 Å². The summed E-state index contributed by atoms with van der Waals surface area (Å²) in [5.41, 5.74) is 8.91. The molecule has 0 fully saturated rings. The van der Waals surface area contributed by atoms with Gasteiger partial charge in [-0.25, -0.2) is 0 Å². The molecule has 4 heteroatoms. The van der Waals surface area contributed by atoms with Crippen LogP contribution in [0.3, 0.4) is 0 Å². The zero-order chi connectivity index (χ0) is 27.6. The normalized spacial score (nSPS) is 11.8. The number of pyridine rings is 1. The maximum atomic E-state index is 4.70. The lowest BCUT2D eigenvalue weighted by Gasteiger charge is -2.14. The summed E-state index contributed by atoms with van der Waals surface area (Å²) < 4.78 is 4.58. The van der Waals surface area contributed by atoms with Crippen molar-refractivity contribution in [3.05, 3.63) is 146 Å². The van der Waals surface area contributed by atoms with Crippen molar-refractivity contribution in [3.63, 3.8) is 0 Å². The predicted octanol–water partition coefficient (Wildman–Crippen LogP) is 9.47. The molecular formula is C38H24N4. The lowest BCUT2D eigenvalue weighted by Crippen LogP contribution is -1.97. The molecule has 0 atom stereocenters. The molecule has 0 radical (unpaired) electrons. The van der Waals surface area contributed by atoms with E-state index in [0.29, 0.717) is 0 Å².